The van der Waals surface area contributed by atoms with E-state index in [-0.39, 0.29) is 24.9 Å². The van der Waals surface area contributed by atoms with Crippen molar-refractivity contribution in [3.8, 4) is 11.5 Å². The number of rotatable bonds is 4. The predicted molar refractivity (Wildman–Crippen MR) is 83.5 cm³/mol. The fraction of sp³-hybridized carbons (Fsp3) is 0.312. The van der Waals surface area contributed by atoms with Crippen LogP contribution in [-0.4, -0.2) is 28.3 Å². The normalized spacial score (nSPS) is 15.3. The molecule has 1 aliphatic carbocycles. The van der Waals surface area contributed by atoms with Crippen LogP contribution in [0.2, 0.25) is 0 Å². The number of carbonyl (C=O) groups is 1. The van der Waals surface area contributed by atoms with Gasteiger partial charge < -0.3 is 19.8 Å². The molecule has 1 aromatic heterocycles. The highest BCUT2D eigenvalue weighted by molar-refractivity contribution is 5.93. The van der Waals surface area contributed by atoms with Gasteiger partial charge in [-0.1, -0.05) is 6.07 Å². The molecule has 2 aliphatic rings. The lowest BCUT2D eigenvalue weighted by molar-refractivity contribution is 0.0948. The van der Waals surface area contributed by atoms with E-state index in [4.69, 9.17) is 9.47 Å². The Hall–Kier alpha value is -3.03. The largest absolute Gasteiger partial charge is 0.454 e. The molecule has 8 nitrogen and oxygen atoms in total. The van der Waals surface area contributed by atoms with Crippen molar-refractivity contribution in [2.45, 2.75) is 25.4 Å². The average Bonchev–Trinajstić information content (AvgIpc) is 3.25. The van der Waals surface area contributed by atoms with E-state index >= 15 is 0 Å². The van der Waals surface area contributed by atoms with Crippen molar-refractivity contribution in [1.82, 2.24) is 14.9 Å². The van der Waals surface area contributed by atoms with Gasteiger partial charge in [-0.15, -0.1) is 0 Å². The maximum absolute atomic E-state index is 12.5. The highest BCUT2D eigenvalue weighted by Crippen LogP contribution is 2.32. The molecule has 124 valence electrons. The van der Waals surface area contributed by atoms with Crippen LogP contribution in [0.3, 0.4) is 0 Å². The number of hydrogen-bond donors (Lipinski definition) is 2. The lowest BCUT2D eigenvalue weighted by atomic mass is 10.2. The zero-order chi connectivity index (χ0) is 16.7. The van der Waals surface area contributed by atoms with Crippen LogP contribution in [0.25, 0.3) is 0 Å². The Morgan fingerprint density at radius 2 is 2.04 bits per heavy atom. The number of amides is 1. The summed E-state index contributed by atoms with van der Waals surface area (Å²) >= 11 is 0. The number of aromatic amines is 1. The average molecular weight is 329 g/mol. The smallest absolute Gasteiger partial charge is 0.328 e. The molecule has 0 unspecified atom stereocenters. The van der Waals surface area contributed by atoms with Gasteiger partial charge in [-0.2, -0.15) is 0 Å². The van der Waals surface area contributed by atoms with E-state index in [0.29, 0.717) is 17.1 Å². The van der Waals surface area contributed by atoms with Gasteiger partial charge in [-0.25, -0.2) is 4.79 Å². The molecule has 8 heteroatoms. The molecule has 2 aromatic rings. The molecule has 2 heterocycles. The lowest BCUT2D eigenvalue weighted by Gasteiger charge is -2.08. The Labute approximate surface area is 136 Å². The third-order valence-corrected chi connectivity index (χ3v) is 4.00. The summed E-state index contributed by atoms with van der Waals surface area (Å²) < 4.78 is 11.5. The first-order chi connectivity index (χ1) is 11.6. The summed E-state index contributed by atoms with van der Waals surface area (Å²) in [5.74, 6) is 0.732. The Bertz CT molecular complexity index is 926. The fourth-order valence-corrected chi connectivity index (χ4v) is 2.53. The van der Waals surface area contributed by atoms with Crippen LogP contribution in [0.5, 0.6) is 11.5 Å². The van der Waals surface area contributed by atoms with Gasteiger partial charge in [0, 0.05) is 12.2 Å². The van der Waals surface area contributed by atoms with E-state index in [1.807, 2.05) is 0 Å². The van der Waals surface area contributed by atoms with Gasteiger partial charge in [0.05, 0.1) is 6.54 Å². The van der Waals surface area contributed by atoms with Crippen molar-refractivity contribution in [2.24, 2.45) is 0 Å². The first-order valence-corrected chi connectivity index (χ1v) is 7.64. The second-order valence-corrected chi connectivity index (χ2v) is 5.83. The number of aromatic nitrogens is 2. The van der Waals surface area contributed by atoms with Gasteiger partial charge in [0.2, 0.25) is 6.79 Å². The maximum Gasteiger partial charge on any atom is 0.328 e. The number of hydrogen-bond acceptors (Lipinski definition) is 5. The molecule has 0 saturated heterocycles. The maximum atomic E-state index is 12.5. The molecule has 0 atom stereocenters. The third kappa shape index (κ3) is 2.66. The molecule has 24 heavy (non-hydrogen) atoms. The van der Waals surface area contributed by atoms with Crippen LogP contribution >= 0.6 is 0 Å². The summed E-state index contributed by atoms with van der Waals surface area (Å²) in [6.45, 7) is 0.186. The zero-order valence-electron chi connectivity index (χ0n) is 12.7. The SMILES string of the molecule is O=C(NC1CC1)c1c[nH]c(=O)n(Cc2ccc3c(c2)OCO3)c1=O. The third-order valence-electron chi connectivity index (χ3n) is 4.00. The molecule has 0 spiro atoms. The van der Waals surface area contributed by atoms with E-state index in [0.717, 1.165) is 17.4 Å². The minimum Gasteiger partial charge on any atom is -0.454 e. The lowest BCUT2D eigenvalue weighted by Crippen LogP contribution is -2.41. The number of H-pyrrole nitrogens is 1. The standard InChI is InChI=1S/C16H15N3O5/c20-14(18-10-2-3-10)11-6-17-16(22)19(15(11)21)7-9-1-4-12-13(5-9)24-8-23-12/h1,4-6,10H,2-3,7-8H2,(H,17,22)(H,18,20). The van der Waals surface area contributed by atoms with Gasteiger partial charge in [0.1, 0.15) is 5.56 Å². The van der Waals surface area contributed by atoms with E-state index < -0.39 is 17.2 Å². The van der Waals surface area contributed by atoms with Crippen molar-refractivity contribution < 1.29 is 14.3 Å². The summed E-state index contributed by atoms with van der Waals surface area (Å²) in [4.78, 5) is 39.1. The zero-order valence-corrected chi connectivity index (χ0v) is 12.7. The van der Waals surface area contributed by atoms with Crippen LogP contribution < -0.4 is 26.0 Å². The van der Waals surface area contributed by atoms with Crippen molar-refractivity contribution >= 4 is 5.91 Å². The molecule has 2 N–H and O–H groups in total. The van der Waals surface area contributed by atoms with Gasteiger partial charge in [-0.05, 0) is 30.5 Å². The fourth-order valence-electron chi connectivity index (χ4n) is 2.53. The number of nitrogens with one attached hydrogen (secondary N) is 2. The molecule has 1 aliphatic heterocycles. The highest BCUT2D eigenvalue weighted by atomic mass is 16.7. The first kappa shape index (κ1) is 14.6. The number of nitrogens with zero attached hydrogens (tertiary/aromatic N) is 1. The topological polar surface area (TPSA) is 102 Å². The number of fused-ring (bicyclic) bond motifs is 1. The van der Waals surface area contributed by atoms with Crippen LogP contribution in [0.4, 0.5) is 0 Å². The number of carbonyl (C=O) groups excluding carboxylic acids is 1. The molecule has 4 rings (SSSR count). The molecule has 0 radical (unpaired) electrons. The predicted octanol–water partition coefficient (Wildman–Crippen LogP) is 0.206. The molecule has 1 fully saturated rings. The molecule has 1 aromatic carbocycles. The quantitative estimate of drug-likeness (QED) is 0.834. The molecule has 1 amide bonds. The first-order valence-electron chi connectivity index (χ1n) is 7.64. The van der Waals surface area contributed by atoms with Crippen molar-refractivity contribution in [3.63, 3.8) is 0 Å². The van der Waals surface area contributed by atoms with E-state index in [9.17, 15) is 14.4 Å². The minimum absolute atomic E-state index is 0.0371. The summed E-state index contributed by atoms with van der Waals surface area (Å²) in [5, 5.41) is 2.74. The second kappa shape index (κ2) is 5.55. The minimum atomic E-state index is -0.616. The Kier molecular flexibility index (Phi) is 3.37. The summed E-state index contributed by atoms with van der Waals surface area (Å²) in [5.41, 5.74) is -0.552. The van der Waals surface area contributed by atoms with Crippen LogP contribution in [0.1, 0.15) is 28.8 Å². The number of ether oxygens (including phenoxy) is 2. The Morgan fingerprint density at radius 1 is 1.25 bits per heavy atom. The van der Waals surface area contributed by atoms with E-state index in [2.05, 4.69) is 10.3 Å². The van der Waals surface area contributed by atoms with Crippen LogP contribution in [0, 0.1) is 0 Å². The van der Waals surface area contributed by atoms with Crippen molar-refractivity contribution in [3.05, 3.63) is 56.4 Å². The van der Waals surface area contributed by atoms with Gasteiger partial charge >= 0.3 is 5.69 Å². The van der Waals surface area contributed by atoms with Gasteiger partial charge in [0.15, 0.2) is 11.5 Å². The second-order valence-electron chi connectivity index (χ2n) is 5.83. The summed E-state index contributed by atoms with van der Waals surface area (Å²) in [6.07, 6.45) is 3.00. The Morgan fingerprint density at radius 3 is 2.83 bits per heavy atom. The van der Waals surface area contributed by atoms with E-state index in [1.165, 1.54) is 6.20 Å². The van der Waals surface area contributed by atoms with Gasteiger partial charge in [-0.3, -0.25) is 14.2 Å². The monoisotopic (exact) mass is 329 g/mol. The van der Waals surface area contributed by atoms with Crippen molar-refractivity contribution in [2.75, 3.05) is 6.79 Å². The molecular weight excluding hydrogens is 314 g/mol. The van der Waals surface area contributed by atoms with Gasteiger partial charge in [0.25, 0.3) is 11.5 Å². The van der Waals surface area contributed by atoms with Crippen molar-refractivity contribution in [1.29, 1.82) is 0 Å². The molecule has 0 bridgehead atoms. The summed E-state index contributed by atoms with van der Waals surface area (Å²) in [6, 6.07) is 5.31. The molecular formula is C16H15N3O5. The Balaban J connectivity index is 1.65. The van der Waals surface area contributed by atoms with E-state index in [1.54, 1.807) is 18.2 Å². The van der Waals surface area contributed by atoms with Crippen LogP contribution in [-0.2, 0) is 6.54 Å². The molecule has 1 saturated carbocycles. The highest BCUT2D eigenvalue weighted by Gasteiger charge is 2.25. The number of benzene rings is 1. The van der Waals surface area contributed by atoms with Crippen LogP contribution in [0.15, 0.2) is 34.0 Å². The summed E-state index contributed by atoms with van der Waals surface area (Å²) in [7, 11) is 0.